The normalized spacial score (nSPS) is 11.4. The first-order valence-corrected chi connectivity index (χ1v) is 15.5. The summed E-state index contributed by atoms with van der Waals surface area (Å²) in [5, 5.41) is 2.97. The number of rotatable bonds is 5. The van der Waals surface area contributed by atoms with Crippen LogP contribution < -0.4 is 25.9 Å². The summed E-state index contributed by atoms with van der Waals surface area (Å²) in [5.41, 5.74) is 6.19. The van der Waals surface area contributed by atoms with Crippen LogP contribution in [0.1, 0.15) is 16.7 Å². The molecule has 0 aliphatic carbocycles. The Bertz CT molecular complexity index is 1880. The van der Waals surface area contributed by atoms with Crippen LogP contribution in [0.3, 0.4) is 0 Å². The molecule has 4 aromatic carbocycles. The average Bonchev–Trinajstić information content (AvgIpc) is 3.24. The van der Waals surface area contributed by atoms with Crippen molar-refractivity contribution in [3.8, 4) is 17.3 Å². The molecular weight excluding hydrogens is 678 g/mol. The van der Waals surface area contributed by atoms with Gasteiger partial charge in [-0.05, 0) is 57.2 Å². The Kier molecular flexibility index (Phi) is 8.80. The second-order valence-electron chi connectivity index (χ2n) is 9.73. The first-order chi connectivity index (χ1) is 20.0. The quantitative estimate of drug-likeness (QED) is 0.110. The number of aryl methyl sites for hydroxylation is 3. The molecule has 42 heavy (non-hydrogen) atoms. The molecule has 0 bridgehead atoms. The van der Waals surface area contributed by atoms with Crippen LogP contribution in [0.25, 0.3) is 27.6 Å². The number of fused-ring (bicyclic) bond motifs is 3. The van der Waals surface area contributed by atoms with Gasteiger partial charge in [-0.1, -0.05) is 53.6 Å². The van der Waals surface area contributed by atoms with Gasteiger partial charge in [0, 0.05) is 51.3 Å². The SMILES string of the molecule is Cc1cc(C)c([I+]c2cccc(Oc3ccc4c5ccccc5n(-c5cc(Cl)ccn5)c4c3)c2)c(C)c1.F[B-](F)(F)F. The monoisotopic (exact) mass is 702 g/mol. The highest BCUT2D eigenvalue weighted by molar-refractivity contribution is 6.50. The topological polar surface area (TPSA) is 27.1 Å². The number of pyridine rings is 1. The molecule has 2 aromatic heterocycles. The number of aromatic nitrogens is 2. The molecule has 0 aliphatic heterocycles. The van der Waals surface area contributed by atoms with Crippen molar-refractivity contribution in [1.82, 2.24) is 9.55 Å². The third-order valence-corrected chi connectivity index (χ3v) is 10.2. The third-order valence-electron chi connectivity index (χ3n) is 6.40. The summed E-state index contributed by atoms with van der Waals surface area (Å²) >= 11 is 6.02. The lowest BCUT2D eigenvalue weighted by Crippen LogP contribution is -3.62. The molecule has 10 heteroatoms. The summed E-state index contributed by atoms with van der Waals surface area (Å²) in [7, 11) is -6.00. The number of nitrogens with zero attached hydrogens (tertiary/aromatic N) is 2. The molecule has 0 saturated carbocycles. The van der Waals surface area contributed by atoms with Crippen LogP contribution in [0, 0.1) is 27.9 Å². The van der Waals surface area contributed by atoms with Gasteiger partial charge in [-0.15, -0.1) is 0 Å². The van der Waals surface area contributed by atoms with Gasteiger partial charge >= 0.3 is 28.5 Å². The Morgan fingerprint density at radius 2 is 1.40 bits per heavy atom. The van der Waals surface area contributed by atoms with Gasteiger partial charge in [0.05, 0.1) is 11.0 Å². The van der Waals surface area contributed by atoms with Crippen LogP contribution in [0.5, 0.6) is 11.5 Å². The van der Waals surface area contributed by atoms with E-state index in [2.05, 4.69) is 91.0 Å². The molecule has 3 nitrogen and oxygen atoms in total. The summed E-state index contributed by atoms with van der Waals surface area (Å²) in [6, 6.07) is 31.4. The zero-order valence-corrected chi connectivity index (χ0v) is 25.8. The standard InChI is InChI=1S/C32H25ClIN2O.BF4/c1-20-15-21(2)32(22(3)16-20)34-24-7-6-8-25(18-24)37-26-11-12-28-27-9-4-5-10-29(27)36(30(28)19-26)31-17-23(33)13-14-35-31;2-1(3,4)5/h4-19H,1-3H3;/q+1;-1. The summed E-state index contributed by atoms with van der Waals surface area (Å²) in [6.45, 7) is 6.60. The highest BCUT2D eigenvalue weighted by atomic mass is 127. The van der Waals surface area contributed by atoms with Gasteiger partial charge in [-0.25, -0.2) is 4.98 Å². The lowest BCUT2D eigenvalue weighted by Gasteiger charge is -2.09. The maximum absolute atomic E-state index is 9.75. The van der Waals surface area contributed by atoms with Gasteiger partial charge in [-0.3, -0.25) is 4.57 Å². The van der Waals surface area contributed by atoms with E-state index in [4.69, 9.17) is 16.3 Å². The Morgan fingerprint density at radius 3 is 2.12 bits per heavy atom. The van der Waals surface area contributed by atoms with Crippen LogP contribution >= 0.6 is 11.6 Å². The number of ether oxygens (including phenoxy) is 1. The van der Waals surface area contributed by atoms with E-state index < -0.39 is 7.25 Å². The summed E-state index contributed by atoms with van der Waals surface area (Å²) in [6.07, 6.45) is 1.74. The minimum atomic E-state index is -6.00. The lowest BCUT2D eigenvalue weighted by atomic mass is 10.1. The van der Waals surface area contributed by atoms with Crippen LogP contribution in [0.2, 0.25) is 5.02 Å². The highest BCUT2D eigenvalue weighted by Crippen LogP contribution is 2.35. The molecule has 6 rings (SSSR count). The Hall–Kier alpha value is -3.57. The van der Waals surface area contributed by atoms with Crippen LogP contribution in [-0.4, -0.2) is 16.8 Å². The summed E-state index contributed by atoms with van der Waals surface area (Å²) < 4.78 is 50.4. The second-order valence-corrected chi connectivity index (χ2v) is 13.0. The Morgan fingerprint density at radius 1 is 0.738 bits per heavy atom. The Labute approximate surface area is 256 Å². The third kappa shape index (κ3) is 7.07. The van der Waals surface area contributed by atoms with Crippen molar-refractivity contribution in [1.29, 1.82) is 0 Å². The fourth-order valence-corrected chi connectivity index (χ4v) is 7.71. The zero-order valence-electron chi connectivity index (χ0n) is 22.9. The molecule has 0 N–H and O–H groups in total. The number of para-hydroxylation sites is 1. The van der Waals surface area contributed by atoms with Crippen molar-refractivity contribution >= 4 is 40.7 Å². The Balaban J connectivity index is 0.000000652. The fraction of sp³-hybridized carbons (Fsp3) is 0.0938. The number of benzene rings is 4. The zero-order chi connectivity index (χ0) is 30.0. The van der Waals surface area contributed by atoms with E-state index in [1.807, 2.05) is 24.3 Å². The molecule has 0 unspecified atom stereocenters. The van der Waals surface area contributed by atoms with Gasteiger partial charge in [-0.2, -0.15) is 0 Å². The van der Waals surface area contributed by atoms with Crippen molar-refractivity contribution in [3.63, 3.8) is 0 Å². The van der Waals surface area contributed by atoms with Gasteiger partial charge < -0.3 is 22.0 Å². The molecule has 214 valence electrons. The van der Waals surface area contributed by atoms with Crippen molar-refractivity contribution in [2.45, 2.75) is 20.8 Å². The number of hydrogen-bond acceptors (Lipinski definition) is 2. The number of halogens is 6. The van der Waals surface area contributed by atoms with E-state index in [1.54, 1.807) is 12.3 Å². The second kappa shape index (κ2) is 12.3. The fourth-order valence-electron chi connectivity index (χ4n) is 4.92. The molecule has 0 fully saturated rings. The lowest BCUT2D eigenvalue weighted by molar-refractivity contribution is -0.598. The predicted molar refractivity (Wildman–Crippen MR) is 158 cm³/mol. The van der Waals surface area contributed by atoms with Crippen LogP contribution in [0.4, 0.5) is 17.3 Å². The molecule has 0 amide bonds. The summed E-state index contributed by atoms with van der Waals surface area (Å²) in [4.78, 5) is 4.61. The molecular formula is C32H25BClF4IN2O. The van der Waals surface area contributed by atoms with Crippen molar-refractivity contribution in [3.05, 3.63) is 126 Å². The highest BCUT2D eigenvalue weighted by Gasteiger charge is 2.22. The van der Waals surface area contributed by atoms with Crippen molar-refractivity contribution in [2.24, 2.45) is 0 Å². The van der Waals surface area contributed by atoms with E-state index in [9.17, 15) is 17.3 Å². The van der Waals surface area contributed by atoms with E-state index in [0.717, 1.165) is 33.7 Å². The van der Waals surface area contributed by atoms with Gasteiger partial charge in [0.15, 0.2) is 7.14 Å². The molecule has 0 radical (unpaired) electrons. The van der Waals surface area contributed by atoms with E-state index in [0.29, 0.717) is 5.02 Å². The van der Waals surface area contributed by atoms with Crippen molar-refractivity contribution < 1.29 is 43.2 Å². The largest absolute Gasteiger partial charge is 0.673 e. The average molecular weight is 703 g/mol. The number of hydrogen-bond donors (Lipinski definition) is 0. The van der Waals surface area contributed by atoms with E-state index in [-0.39, 0.29) is 21.2 Å². The molecule has 6 aromatic rings. The smallest absolute Gasteiger partial charge is 0.457 e. The maximum Gasteiger partial charge on any atom is 0.673 e. The molecule has 0 saturated heterocycles. The first kappa shape index (κ1) is 29.9. The molecule has 2 heterocycles. The van der Waals surface area contributed by atoms with Crippen molar-refractivity contribution in [2.75, 3.05) is 0 Å². The summed E-state index contributed by atoms with van der Waals surface area (Å²) in [5.74, 6) is 2.42. The van der Waals surface area contributed by atoms with Gasteiger partial charge in [0.2, 0.25) is 0 Å². The van der Waals surface area contributed by atoms with E-state index in [1.165, 1.54) is 29.2 Å². The minimum Gasteiger partial charge on any atom is -0.457 e. The first-order valence-electron chi connectivity index (χ1n) is 13.0. The predicted octanol–water partition coefficient (Wildman–Crippen LogP) is 6.98. The van der Waals surface area contributed by atoms with E-state index >= 15 is 0 Å². The molecule has 0 spiro atoms. The van der Waals surface area contributed by atoms with Gasteiger partial charge in [0.25, 0.3) is 0 Å². The minimum absolute atomic E-state index is 0.308. The van der Waals surface area contributed by atoms with Crippen LogP contribution in [0.15, 0.2) is 97.2 Å². The van der Waals surface area contributed by atoms with Crippen LogP contribution in [-0.2, 0) is 0 Å². The maximum atomic E-state index is 9.75. The van der Waals surface area contributed by atoms with Gasteiger partial charge in [0.1, 0.15) is 17.3 Å². The molecule has 0 atom stereocenters. The molecule has 0 aliphatic rings.